The Morgan fingerprint density at radius 3 is 1.89 bits per heavy atom. The van der Waals surface area contributed by atoms with Gasteiger partial charge >= 0.3 is 0 Å². The van der Waals surface area contributed by atoms with Gasteiger partial charge in [-0.15, -0.1) is 0 Å². The van der Waals surface area contributed by atoms with E-state index in [1.165, 1.54) is 0 Å². The minimum Gasteiger partial charge on any atom is -0.375 e. The van der Waals surface area contributed by atoms with E-state index in [1.54, 1.807) is 0 Å². The first-order chi connectivity index (χ1) is 8.40. The van der Waals surface area contributed by atoms with E-state index < -0.39 is 0 Å². The van der Waals surface area contributed by atoms with Crippen LogP contribution in [0.1, 0.15) is 67.7 Å². The largest absolute Gasteiger partial charge is 0.375 e. The van der Waals surface area contributed by atoms with Gasteiger partial charge in [-0.3, -0.25) is 9.63 Å². The Balaban J connectivity index is 4.10. The van der Waals surface area contributed by atoms with Crippen LogP contribution >= 0.6 is 0 Å². The molecule has 2 N–H and O–H groups in total. The number of hydrogen-bond donors (Lipinski definition) is 1. The zero-order chi connectivity index (χ0) is 15.3. The zero-order valence-electron chi connectivity index (χ0n) is 13.6. The average molecular weight is 273 g/mol. The van der Waals surface area contributed by atoms with Crippen LogP contribution in [0.2, 0.25) is 0 Å². The molecule has 0 aliphatic carbocycles. The maximum atomic E-state index is 11.9. The van der Waals surface area contributed by atoms with Crippen molar-refractivity contribution in [2.75, 3.05) is 6.61 Å². The van der Waals surface area contributed by atoms with Gasteiger partial charge in [0.2, 0.25) is 0 Å². The summed E-state index contributed by atoms with van der Waals surface area (Å²) < 4.78 is 5.84. The third-order valence-electron chi connectivity index (χ3n) is 3.31. The molecule has 0 aromatic rings. The number of rotatable bonds is 8. The molecule has 0 aliphatic rings. The van der Waals surface area contributed by atoms with Gasteiger partial charge in [-0.05, 0) is 34.1 Å². The molecule has 4 heteroatoms. The van der Waals surface area contributed by atoms with Gasteiger partial charge < -0.3 is 4.74 Å². The van der Waals surface area contributed by atoms with Crippen molar-refractivity contribution in [2.45, 2.75) is 78.9 Å². The second-order valence-electron chi connectivity index (χ2n) is 7.41. The molecule has 0 bridgehead atoms. The summed E-state index contributed by atoms with van der Waals surface area (Å²) in [6.07, 6.45) is 2.00. The smallest absolute Gasteiger partial charge is 0.138 e. The van der Waals surface area contributed by atoms with Gasteiger partial charge in [0, 0.05) is 18.3 Å². The number of carbonyl (C=O) groups excluding carboxylic acids is 1. The van der Waals surface area contributed by atoms with E-state index in [1.807, 2.05) is 48.5 Å². The van der Waals surface area contributed by atoms with Crippen LogP contribution in [0.15, 0.2) is 0 Å². The minimum atomic E-state index is -0.378. The van der Waals surface area contributed by atoms with Gasteiger partial charge in [-0.2, -0.15) is 0 Å². The fourth-order valence-corrected chi connectivity index (χ4v) is 1.49. The van der Waals surface area contributed by atoms with Gasteiger partial charge in [0.05, 0.1) is 17.8 Å². The Hall–Kier alpha value is -0.450. The van der Waals surface area contributed by atoms with Crippen molar-refractivity contribution >= 4 is 5.78 Å². The lowest BCUT2D eigenvalue weighted by atomic mass is 9.86. The molecule has 0 amide bonds. The van der Waals surface area contributed by atoms with Gasteiger partial charge in [-0.25, -0.2) is 5.90 Å². The number of ether oxygens (including phenoxy) is 1. The molecule has 0 saturated heterocycles. The fourth-order valence-electron chi connectivity index (χ4n) is 1.49. The standard InChI is InChI=1S/C15H31NO3/c1-13(2,3)12(17)8-9-14(4,5)18-11-10-15(6,7)19-16/h8-11,16H2,1-7H3. The third-order valence-corrected chi connectivity index (χ3v) is 3.31. The predicted molar refractivity (Wildman–Crippen MR) is 77.7 cm³/mol. The molecule has 0 spiro atoms. The van der Waals surface area contributed by atoms with Crippen LogP contribution in [0.5, 0.6) is 0 Å². The second-order valence-corrected chi connectivity index (χ2v) is 7.41. The van der Waals surface area contributed by atoms with Crippen LogP contribution in [-0.4, -0.2) is 23.6 Å². The first-order valence-electron chi connectivity index (χ1n) is 6.95. The predicted octanol–water partition coefficient (Wildman–Crippen LogP) is 3.24. The molecule has 0 aromatic carbocycles. The highest BCUT2D eigenvalue weighted by Gasteiger charge is 2.26. The maximum Gasteiger partial charge on any atom is 0.138 e. The average Bonchev–Trinajstić information content (AvgIpc) is 2.24. The Bertz CT molecular complexity index is 290. The molecule has 0 atom stereocenters. The van der Waals surface area contributed by atoms with Gasteiger partial charge in [-0.1, -0.05) is 20.8 Å². The number of Topliss-reactive ketones (excluding diaryl/α,β-unsaturated/α-hetero) is 1. The molecule has 0 radical (unpaired) electrons. The van der Waals surface area contributed by atoms with Crippen molar-refractivity contribution in [3.8, 4) is 0 Å². The van der Waals surface area contributed by atoms with Crippen LogP contribution in [0.3, 0.4) is 0 Å². The Labute approximate surface area is 118 Å². The summed E-state index contributed by atoms with van der Waals surface area (Å²) in [5.41, 5.74) is -0.950. The number of nitrogens with two attached hydrogens (primary N) is 1. The summed E-state index contributed by atoms with van der Waals surface area (Å²) in [7, 11) is 0. The number of hydrogen-bond acceptors (Lipinski definition) is 4. The SMILES string of the molecule is CC(C)(CCOC(C)(C)CCC(=O)C(C)(C)C)ON. The molecule has 19 heavy (non-hydrogen) atoms. The van der Waals surface area contributed by atoms with Gasteiger partial charge in [0.25, 0.3) is 0 Å². The molecule has 0 saturated carbocycles. The Morgan fingerprint density at radius 2 is 1.47 bits per heavy atom. The van der Waals surface area contributed by atoms with Crippen LogP contribution < -0.4 is 5.90 Å². The first-order valence-corrected chi connectivity index (χ1v) is 6.95. The summed E-state index contributed by atoms with van der Waals surface area (Å²) >= 11 is 0. The molecule has 0 unspecified atom stereocenters. The van der Waals surface area contributed by atoms with E-state index in [9.17, 15) is 4.79 Å². The minimum absolute atomic E-state index is 0.272. The van der Waals surface area contributed by atoms with Crippen molar-refractivity contribution in [1.82, 2.24) is 0 Å². The molecule has 0 aliphatic heterocycles. The molecule has 0 aromatic heterocycles. The van der Waals surface area contributed by atoms with Gasteiger partial charge in [0.15, 0.2) is 0 Å². The highest BCUT2D eigenvalue weighted by molar-refractivity contribution is 5.83. The zero-order valence-corrected chi connectivity index (χ0v) is 13.6. The van der Waals surface area contributed by atoms with Crippen LogP contribution in [-0.2, 0) is 14.4 Å². The summed E-state index contributed by atoms with van der Waals surface area (Å²) in [6.45, 7) is 14.3. The molecule has 0 rings (SSSR count). The van der Waals surface area contributed by atoms with Crippen molar-refractivity contribution in [3.63, 3.8) is 0 Å². The third kappa shape index (κ3) is 8.35. The van der Waals surface area contributed by atoms with Crippen LogP contribution in [0.4, 0.5) is 0 Å². The van der Waals surface area contributed by atoms with Gasteiger partial charge in [0.1, 0.15) is 5.78 Å². The normalized spacial score (nSPS) is 13.7. The summed E-state index contributed by atoms with van der Waals surface area (Å²) in [4.78, 5) is 16.8. The van der Waals surface area contributed by atoms with Crippen molar-refractivity contribution in [1.29, 1.82) is 0 Å². The molecule has 4 nitrogen and oxygen atoms in total. The molecule has 114 valence electrons. The van der Waals surface area contributed by atoms with Crippen molar-refractivity contribution in [2.24, 2.45) is 11.3 Å². The summed E-state index contributed by atoms with van der Waals surface area (Å²) in [5.74, 6) is 5.48. The lowest BCUT2D eigenvalue weighted by Gasteiger charge is -2.29. The molecule has 0 heterocycles. The fraction of sp³-hybridized carbons (Fsp3) is 0.933. The lowest BCUT2D eigenvalue weighted by Crippen LogP contribution is -2.33. The monoisotopic (exact) mass is 273 g/mol. The number of carbonyl (C=O) groups is 1. The van der Waals surface area contributed by atoms with Crippen molar-refractivity contribution < 1.29 is 14.4 Å². The molecular formula is C15H31NO3. The summed E-state index contributed by atoms with van der Waals surface area (Å²) in [5, 5.41) is 0. The number of ketones is 1. The van der Waals surface area contributed by atoms with E-state index in [4.69, 9.17) is 15.5 Å². The first kappa shape index (κ1) is 18.6. The van der Waals surface area contributed by atoms with E-state index in [2.05, 4.69) is 0 Å². The lowest BCUT2D eigenvalue weighted by molar-refractivity contribution is -0.128. The maximum absolute atomic E-state index is 11.9. The van der Waals surface area contributed by atoms with E-state index >= 15 is 0 Å². The quantitative estimate of drug-likeness (QED) is 0.690. The Morgan fingerprint density at radius 1 is 0.947 bits per heavy atom. The summed E-state index contributed by atoms with van der Waals surface area (Å²) in [6, 6.07) is 0. The van der Waals surface area contributed by atoms with E-state index in [0.29, 0.717) is 13.0 Å². The topological polar surface area (TPSA) is 61.5 Å². The van der Waals surface area contributed by atoms with E-state index in [0.717, 1.165) is 12.8 Å². The van der Waals surface area contributed by atoms with Crippen molar-refractivity contribution in [3.05, 3.63) is 0 Å². The van der Waals surface area contributed by atoms with E-state index in [-0.39, 0.29) is 22.4 Å². The highest BCUT2D eigenvalue weighted by atomic mass is 16.6. The van der Waals surface area contributed by atoms with Crippen LogP contribution in [0.25, 0.3) is 0 Å². The molecule has 0 fully saturated rings. The van der Waals surface area contributed by atoms with Crippen LogP contribution in [0, 0.1) is 5.41 Å². The Kier molecular flexibility index (Phi) is 6.66. The second kappa shape index (κ2) is 6.82. The molecular weight excluding hydrogens is 242 g/mol. The highest BCUT2D eigenvalue weighted by Crippen LogP contribution is 2.24.